The van der Waals surface area contributed by atoms with Crippen molar-refractivity contribution < 1.29 is 4.74 Å². The molecule has 1 aromatic rings. The van der Waals surface area contributed by atoms with Gasteiger partial charge in [0.1, 0.15) is 11.4 Å². The highest BCUT2D eigenvalue weighted by Crippen LogP contribution is 2.34. The molecule has 1 fully saturated rings. The van der Waals surface area contributed by atoms with Gasteiger partial charge in [0.05, 0.1) is 0 Å². The molecule has 0 bridgehead atoms. The number of aryl methyl sites for hydroxylation is 1. The SMILES string of the molecule is CCCc1cc(NCC)nc(C2(C)CCCO2)n1. The Morgan fingerprint density at radius 2 is 2.22 bits per heavy atom. The van der Waals surface area contributed by atoms with Gasteiger partial charge < -0.3 is 10.1 Å². The highest BCUT2D eigenvalue weighted by atomic mass is 16.5. The van der Waals surface area contributed by atoms with Gasteiger partial charge in [0.2, 0.25) is 0 Å². The molecular weight excluding hydrogens is 226 g/mol. The van der Waals surface area contributed by atoms with Crippen LogP contribution in [0.25, 0.3) is 0 Å². The van der Waals surface area contributed by atoms with E-state index < -0.39 is 0 Å². The monoisotopic (exact) mass is 249 g/mol. The largest absolute Gasteiger partial charge is 0.370 e. The molecule has 0 radical (unpaired) electrons. The van der Waals surface area contributed by atoms with Crippen molar-refractivity contribution in [2.75, 3.05) is 18.5 Å². The topological polar surface area (TPSA) is 47.0 Å². The van der Waals surface area contributed by atoms with E-state index in [-0.39, 0.29) is 5.60 Å². The number of aromatic nitrogens is 2. The number of hydrogen-bond donors (Lipinski definition) is 1. The lowest BCUT2D eigenvalue weighted by Crippen LogP contribution is -2.24. The smallest absolute Gasteiger partial charge is 0.162 e. The number of rotatable bonds is 5. The molecule has 18 heavy (non-hydrogen) atoms. The molecular formula is C14H23N3O. The van der Waals surface area contributed by atoms with Crippen LogP contribution >= 0.6 is 0 Å². The van der Waals surface area contributed by atoms with E-state index in [1.165, 1.54) is 0 Å². The van der Waals surface area contributed by atoms with Gasteiger partial charge in [0.25, 0.3) is 0 Å². The summed E-state index contributed by atoms with van der Waals surface area (Å²) in [6.45, 7) is 8.03. The van der Waals surface area contributed by atoms with Crippen molar-refractivity contribution in [1.82, 2.24) is 9.97 Å². The summed E-state index contributed by atoms with van der Waals surface area (Å²) in [6, 6.07) is 2.05. The molecule has 2 heterocycles. The number of hydrogen-bond acceptors (Lipinski definition) is 4. The van der Waals surface area contributed by atoms with E-state index in [1.807, 2.05) is 0 Å². The van der Waals surface area contributed by atoms with Gasteiger partial charge in [0, 0.05) is 24.9 Å². The molecule has 1 atom stereocenters. The predicted molar refractivity (Wildman–Crippen MR) is 72.7 cm³/mol. The van der Waals surface area contributed by atoms with E-state index in [2.05, 4.69) is 42.1 Å². The highest BCUT2D eigenvalue weighted by Gasteiger charge is 2.35. The lowest BCUT2D eigenvalue weighted by molar-refractivity contribution is 0.00926. The van der Waals surface area contributed by atoms with Crippen molar-refractivity contribution in [2.45, 2.75) is 52.1 Å². The number of nitrogens with zero attached hydrogens (tertiary/aromatic N) is 2. The standard InChI is InChI=1S/C14H23N3O/c1-4-7-11-10-12(15-5-2)17-13(16-11)14(3)8-6-9-18-14/h10H,4-9H2,1-3H3,(H,15,16,17). The summed E-state index contributed by atoms with van der Waals surface area (Å²) in [5.41, 5.74) is 0.809. The van der Waals surface area contributed by atoms with Crippen LogP contribution in [0.4, 0.5) is 5.82 Å². The molecule has 1 aromatic heterocycles. The maximum Gasteiger partial charge on any atom is 0.162 e. The maximum atomic E-state index is 5.84. The molecule has 0 amide bonds. The zero-order valence-corrected chi connectivity index (χ0v) is 11.6. The number of ether oxygens (including phenoxy) is 1. The fraction of sp³-hybridized carbons (Fsp3) is 0.714. The Balaban J connectivity index is 2.32. The summed E-state index contributed by atoms with van der Waals surface area (Å²) in [6.07, 6.45) is 4.19. The van der Waals surface area contributed by atoms with Gasteiger partial charge in [0.15, 0.2) is 5.82 Å². The van der Waals surface area contributed by atoms with Gasteiger partial charge in [-0.25, -0.2) is 9.97 Å². The minimum Gasteiger partial charge on any atom is -0.370 e. The molecule has 1 aliphatic rings. The molecule has 0 aromatic carbocycles. The summed E-state index contributed by atoms with van der Waals surface area (Å²) in [4.78, 5) is 9.29. The van der Waals surface area contributed by atoms with Crippen LogP contribution < -0.4 is 5.32 Å². The highest BCUT2D eigenvalue weighted by molar-refractivity contribution is 5.36. The molecule has 1 unspecified atom stereocenters. The molecule has 2 rings (SSSR count). The van der Waals surface area contributed by atoms with Gasteiger partial charge in [-0.3, -0.25) is 0 Å². The second-order valence-corrected chi connectivity index (χ2v) is 5.03. The Bertz CT molecular complexity index is 376. The van der Waals surface area contributed by atoms with Crippen molar-refractivity contribution >= 4 is 5.82 Å². The average molecular weight is 249 g/mol. The van der Waals surface area contributed by atoms with Crippen LogP contribution in [0.5, 0.6) is 0 Å². The Morgan fingerprint density at radius 3 is 2.83 bits per heavy atom. The lowest BCUT2D eigenvalue weighted by Gasteiger charge is -2.22. The molecule has 0 spiro atoms. The number of anilines is 1. The first kappa shape index (κ1) is 13.3. The van der Waals surface area contributed by atoms with Crippen molar-refractivity contribution in [1.29, 1.82) is 0 Å². The molecule has 1 aliphatic heterocycles. The molecule has 1 saturated heterocycles. The van der Waals surface area contributed by atoms with E-state index >= 15 is 0 Å². The average Bonchev–Trinajstić information content (AvgIpc) is 2.78. The van der Waals surface area contributed by atoms with E-state index in [0.717, 1.165) is 56.2 Å². The molecule has 4 nitrogen and oxygen atoms in total. The Labute approximate surface area is 109 Å². The Hall–Kier alpha value is -1.16. The van der Waals surface area contributed by atoms with Crippen molar-refractivity contribution in [3.63, 3.8) is 0 Å². The zero-order valence-electron chi connectivity index (χ0n) is 11.6. The summed E-state index contributed by atoms with van der Waals surface area (Å²) in [5.74, 6) is 1.75. The first-order chi connectivity index (χ1) is 8.68. The number of nitrogens with one attached hydrogen (secondary N) is 1. The van der Waals surface area contributed by atoms with Crippen LogP contribution in [0.15, 0.2) is 6.07 Å². The lowest BCUT2D eigenvalue weighted by atomic mass is 10.0. The molecule has 1 N–H and O–H groups in total. The van der Waals surface area contributed by atoms with Gasteiger partial charge in [-0.2, -0.15) is 0 Å². The third-order valence-electron chi connectivity index (χ3n) is 3.34. The second kappa shape index (κ2) is 5.65. The van der Waals surface area contributed by atoms with Crippen molar-refractivity contribution in [3.05, 3.63) is 17.6 Å². The third kappa shape index (κ3) is 2.80. The van der Waals surface area contributed by atoms with E-state index in [9.17, 15) is 0 Å². The van der Waals surface area contributed by atoms with Gasteiger partial charge in [-0.1, -0.05) is 13.3 Å². The first-order valence-electron chi connectivity index (χ1n) is 6.94. The van der Waals surface area contributed by atoms with E-state index in [1.54, 1.807) is 0 Å². The van der Waals surface area contributed by atoms with Crippen molar-refractivity contribution in [2.24, 2.45) is 0 Å². The summed E-state index contributed by atoms with van der Waals surface area (Å²) in [5, 5.41) is 3.28. The first-order valence-corrected chi connectivity index (χ1v) is 6.94. The summed E-state index contributed by atoms with van der Waals surface area (Å²) >= 11 is 0. The van der Waals surface area contributed by atoms with Crippen LogP contribution in [-0.2, 0) is 16.8 Å². The summed E-state index contributed by atoms with van der Waals surface area (Å²) < 4.78 is 5.84. The Kier molecular flexibility index (Phi) is 4.17. The van der Waals surface area contributed by atoms with Gasteiger partial charge in [-0.15, -0.1) is 0 Å². The van der Waals surface area contributed by atoms with Crippen LogP contribution in [0.2, 0.25) is 0 Å². The van der Waals surface area contributed by atoms with Gasteiger partial charge >= 0.3 is 0 Å². The minimum absolute atomic E-state index is 0.298. The molecule has 0 aliphatic carbocycles. The quantitative estimate of drug-likeness (QED) is 0.871. The van der Waals surface area contributed by atoms with Crippen LogP contribution in [0.1, 0.15) is 51.6 Å². The third-order valence-corrected chi connectivity index (χ3v) is 3.34. The predicted octanol–water partition coefficient (Wildman–Crippen LogP) is 2.89. The second-order valence-electron chi connectivity index (χ2n) is 5.03. The van der Waals surface area contributed by atoms with Crippen molar-refractivity contribution in [3.8, 4) is 0 Å². The van der Waals surface area contributed by atoms with E-state index in [4.69, 9.17) is 4.74 Å². The van der Waals surface area contributed by atoms with Crippen LogP contribution in [-0.4, -0.2) is 23.1 Å². The summed E-state index contributed by atoms with van der Waals surface area (Å²) in [7, 11) is 0. The van der Waals surface area contributed by atoms with E-state index in [0.29, 0.717) is 0 Å². The molecule has 4 heteroatoms. The maximum absolute atomic E-state index is 5.84. The molecule has 100 valence electrons. The van der Waals surface area contributed by atoms with Crippen LogP contribution in [0, 0.1) is 0 Å². The zero-order chi connectivity index (χ0) is 13.0. The fourth-order valence-corrected chi connectivity index (χ4v) is 2.35. The Morgan fingerprint density at radius 1 is 1.39 bits per heavy atom. The minimum atomic E-state index is -0.298. The van der Waals surface area contributed by atoms with Gasteiger partial charge in [-0.05, 0) is 33.1 Å². The fourth-order valence-electron chi connectivity index (χ4n) is 2.35. The van der Waals surface area contributed by atoms with Crippen LogP contribution in [0.3, 0.4) is 0 Å². The normalized spacial score (nSPS) is 23.3. The molecule has 0 saturated carbocycles.